The molecular formula is C17H13IO4. The first-order valence-electron chi connectivity index (χ1n) is 6.79. The van der Waals surface area contributed by atoms with Gasteiger partial charge in [-0.15, -0.1) is 0 Å². The molecule has 0 unspecified atom stereocenters. The predicted octanol–water partition coefficient (Wildman–Crippen LogP) is 4.04. The molecule has 3 aromatic rings. The van der Waals surface area contributed by atoms with Crippen LogP contribution in [0.2, 0.25) is 0 Å². The van der Waals surface area contributed by atoms with E-state index in [9.17, 15) is 15.0 Å². The maximum Gasteiger partial charge on any atom is 0.196 e. The topological polar surface area (TPSA) is 70.7 Å². The van der Waals surface area contributed by atoms with Crippen molar-refractivity contribution in [3.63, 3.8) is 0 Å². The average Bonchev–Trinajstić information content (AvgIpc) is 2.50. The zero-order valence-electron chi connectivity index (χ0n) is 11.8. The van der Waals surface area contributed by atoms with Crippen molar-refractivity contribution in [1.29, 1.82) is 0 Å². The van der Waals surface area contributed by atoms with Crippen LogP contribution < -0.4 is 5.43 Å². The number of halogens is 1. The fourth-order valence-corrected chi connectivity index (χ4v) is 2.94. The zero-order chi connectivity index (χ0) is 15.9. The summed E-state index contributed by atoms with van der Waals surface area (Å²) in [5.41, 5.74) is 1.58. The fourth-order valence-electron chi connectivity index (χ4n) is 2.42. The molecule has 2 aromatic carbocycles. The van der Waals surface area contributed by atoms with Crippen LogP contribution in [0.3, 0.4) is 0 Å². The third-order valence-electron chi connectivity index (χ3n) is 3.53. The first-order chi connectivity index (χ1) is 10.5. The van der Waals surface area contributed by atoms with Gasteiger partial charge < -0.3 is 14.6 Å². The first-order valence-corrected chi connectivity index (χ1v) is 7.86. The smallest absolute Gasteiger partial charge is 0.196 e. The van der Waals surface area contributed by atoms with Gasteiger partial charge in [-0.1, -0.05) is 6.92 Å². The summed E-state index contributed by atoms with van der Waals surface area (Å²) in [5, 5.41) is 19.6. The highest BCUT2D eigenvalue weighted by atomic mass is 127. The van der Waals surface area contributed by atoms with E-state index < -0.39 is 0 Å². The van der Waals surface area contributed by atoms with Crippen molar-refractivity contribution in [1.82, 2.24) is 0 Å². The lowest BCUT2D eigenvalue weighted by molar-refractivity contribution is 0.471. The molecule has 0 atom stereocenters. The summed E-state index contributed by atoms with van der Waals surface area (Å²) in [4.78, 5) is 12.6. The molecule has 0 bridgehead atoms. The Hall–Kier alpha value is -2.02. The highest BCUT2D eigenvalue weighted by molar-refractivity contribution is 14.1. The SMILES string of the molecule is CCc1c(-c2ccc(O)c(I)c2)oc2ccc(O)cc2c1=O. The van der Waals surface area contributed by atoms with Gasteiger partial charge in [0.15, 0.2) is 5.43 Å². The second kappa shape index (κ2) is 5.64. The van der Waals surface area contributed by atoms with E-state index in [1.165, 1.54) is 12.1 Å². The fraction of sp³-hybridized carbons (Fsp3) is 0.118. The van der Waals surface area contributed by atoms with Gasteiger partial charge in [-0.3, -0.25) is 4.79 Å². The normalized spacial score (nSPS) is 11.0. The summed E-state index contributed by atoms with van der Waals surface area (Å²) in [5.74, 6) is 0.729. The Balaban J connectivity index is 2.35. The van der Waals surface area contributed by atoms with Gasteiger partial charge in [0.25, 0.3) is 0 Å². The second-order valence-corrected chi connectivity index (χ2v) is 6.10. The summed E-state index contributed by atoms with van der Waals surface area (Å²) in [7, 11) is 0. The van der Waals surface area contributed by atoms with Crippen molar-refractivity contribution in [3.8, 4) is 22.8 Å². The van der Waals surface area contributed by atoms with E-state index in [4.69, 9.17) is 4.42 Å². The number of hydrogen-bond acceptors (Lipinski definition) is 4. The molecule has 0 radical (unpaired) electrons. The van der Waals surface area contributed by atoms with Crippen molar-refractivity contribution < 1.29 is 14.6 Å². The number of aromatic hydroxyl groups is 2. The van der Waals surface area contributed by atoms with Gasteiger partial charge in [0.05, 0.1) is 8.96 Å². The molecule has 1 aromatic heterocycles. The summed E-state index contributed by atoms with van der Waals surface area (Å²) in [6, 6.07) is 9.57. The third kappa shape index (κ3) is 2.45. The lowest BCUT2D eigenvalue weighted by Gasteiger charge is -2.10. The lowest BCUT2D eigenvalue weighted by Crippen LogP contribution is -2.10. The Labute approximate surface area is 140 Å². The highest BCUT2D eigenvalue weighted by Gasteiger charge is 2.16. The van der Waals surface area contributed by atoms with Crippen LogP contribution in [0.4, 0.5) is 0 Å². The van der Waals surface area contributed by atoms with Crippen molar-refractivity contribution >= 4 is 33.6 Å². The van der Waals surface area contributed by atoms with Crippen molar-refractivity contribution in [2.24, 2.45) is 0 Å². The molecule has 0 spiro atoms. The quantitative estimate of drug-likeness (QED) is 0.628. The summed E-state index contributed by atoms with van der Waals surface area (Å²) in [6.07, 6.45) is 0.515. The largest absolute Gasteiger partial charge is 0.508 e. The molecule has 112 valence electrons. The molecular weight excluding hydrogens is 395 g/mol. The molecule has 0 aliphatic rings. The van der Waals surface area contributed by atoms with E-state index in [1.54, 1.807) is 24.3 Å². The molecule has 22 heavy (non-hydrogen) atoms. The van der Waals surface area contributed by atoms with Crippen LogP contribution in [-0.4, -0.2) is 10.2 Å². The molecule has 5 heteroatoms. The molecule has 0 amide bonds. The number of rotatable bonds is 2. The Morgan fingerprint density at radius 1 is 1.14 bits per heavy atom. The van der Waals surface area contributed by atoms with E-state index in [0.717, 1.165) is 5.56 Å². The van der Waals surface area contributed by atoms with E-state index >= 15 is 0 Å². The number of fused-ring (bicyclic) bond motifs is 1. The molecule has 3 rings (SSSR count). The molecule has 2 N–H and O–H groups in total. The van der Waals surface area contributed by atoms with Crippen LogP contribution in [0.15, 0.2) is 45.6 Å². The van der Waals surface area contributed by atoms with Crippen LogP contribution in [0, 0.1) is 3.57 Å². The molecule has 4 nitrogen and oxygen atoms in total. The number of phenols is 2. The van der Waals surface area contributed by atoms with Crippen molar-refractivity contribution in [2.45, 2.75) is 13.3 Å². The van der Waals surface area contributed by atoms with Gasteiger partial charge in [-0.2, -0.15) is 0 Å². The van der Waals surface area contributed by atoms with Crippen molar-refractivity contribution in [3.05, 3.63) is 55.8 Å². The van der Waals surface area contributed by atoms with Crippen LogP contribution in [-0.2, 0) is 6.42 Å². The Bertz CT molecular complexity index is 928. The Morgan fingerprint density at radius 2 is 1.91 bits per heavy atom. The molecule has 1 heterocycles. The number of benzene rings is 2. The van der Waals surface area contributed by atoms with E-state index in [2.05, 4.69) is 0 Å². The predicted molar refractivity (Wildman–Crippen MR) is 93.3 cm³/mol. The zero-order valence-corrected chi connectivity index (χ0v) is 13.9. The van der Waals surface area contributed by atoms with Crippen LogP contribution in [0.5, 0.6) is 11.5 Å². The van der Waals surface area contributed by atoms with Gasteiger partial charge in [0.2, 0.25) is 0 Å². The standard InChI is InChI=1S/C17H13IO4/c1-2-11-16(21)12-8-10(19)4-6-15(12)22-17(11)9-3-5-14(20)13(18)7-9/h3-8,19-20H,2H2,1H3. The highest BCUT2D eigenvalue weighted by Crippen LogP contribution is 2.31. The molecule has 0 fully saturated rings. The summed E-state index contributed by atoms with van der Waals surface area (Å²) in [6.45, 7) is 1.88. The lowest BCUT2D eigenvalue weighted by atomic mass is 10.0. The minimum Gasteiger partial charge on any atom is -0.508 e. The van der Waals surface area contributed by atoms with Gasteiger partial charge in [0, 0.05) is 11.1 Å². The van der Waals surface area contributed by atoms with Crippen LogP contribution >= 0.6 is 22.6 Å². The molecule has 0 saturated carbocycles. The Kier molecular flexibility index (Phi) is 3.82. The second-order valence-electron chi connectivity index (χ2n) is 4.94. The van der Waals surface area contributed by atoms with Gasteiger partial charge in [-0.25, -0.2) is 0 Å². The minimum absolute atomic E-state index is 0.0359. The van der Waals surface area contributed by atoms with Gasteiger partial charge >= 0.3 is 0 Å². The van der Waals surface area contributed by atoms with Gasteiger partial charge in [0.1, 0.15) is 22.8 Å². The van der Waals surface area contributed by atoms with E-state index in [1.807, 2.05) is 29.5 Å². The minimum atomic E-state index is -0.141. The van der Waals surface area contributed by atoms with Crippen LogP contribution in [0.1, 0.15) is 12.5 Å². The first kappa shape index (κ1) is 14.9. The number of phenolic OH excluding ortho intramolecular Hbond substituents is 2. The maximum atomic E-state index is 12.6. The average molecular weight is 408 g/mol. The number of hydrogen-bond donors (Lipinski definition) is 2. The summed E-state index contributed by atoms with van der Waals surface area (Å²) >= 11 is 2.03. The van der Waals surface area contributed by atoms with E-state index in [0.29, 0.717) is 32.3 Å². The molecule has 0 aliphatic heterocycles. The summed E-state index contributed by atoms with van der Waals surface area (Å²) < 4.78 is 6.59. The Morgan fingerprint density at radius 3 is 2.59 bits per heavy atom. The van der Waals surface area contributed by atoms with Gasteiger partial charge in [-0.05, 0) is 65.4 Å². The van der Waals surface area contributed by atoms with Crippen LogP contribution in [0.25, 0.3) is 22.3 Å². The molecule has 0 aliphatic carbocycles. The maximum absolute atomic E-state index is 12.6. The third-order valence-corrected chi connectivity index (χ3v) is 4.40. The van der Waals surface area contributed by atoms with Crippen molar-refractivity contribution in [2.75, 3.05) is 0 Å². The molecule has 0 saturated heterocycles. The monoisotopic (exact) mass is 408 g/mol. The van der Waals surface area contributed by atoms with E-state index in [-0.39, 0.29) is 16.9 Å².